The summed E-state index contributed by atoms with van der Waals surface area (Å²) < 4.78 is 2.50. The number of nitrogens with one attached hydrogen (secondary N) is 2. The SMILES string of the molecule is Cc1ccc(NC(=O)Cn2c(=O)n(CCCCC(=O)NCC(C)C)c(=O)c3ccccc32)cc1C. The smallest absolute Gasteiger partial charge is 0.331 e. The van der Waals surface area contributed by atoms with Crippen LogP contribution >= 0.6 is 0 Å². The second-order valence-corrected chi connectivity index (χ2v) is 9.34. The molecule has 0 unspecified atom stereocenters. The minimum absolute atomic E-state index is 0.0371. The molecule has 35 heavy (non-hydrogen) atoms. The predicted octanol–water partition coefficient (Wildman–Crippen LogP) is 3.36. The van der Waals surface area contributed by atoms with E-state index in [9.17, 15) is 19.2 Å². The van der Waals surface area contributed by atoms with E-state index < -0.39 is 5.69 Å². The molecule has 0 radical (unpaired) electrons. The van der Waals surface area contributed by atoms with Crippen molar-refractivity contribution in [3.63, 3.8) is 0 Å². The van der Waals surface area contributed by atoms with Crippen molar-refractivity contribution in [1.82, 2.24) is 14.5 Å². The van der Waals surface area contributed by atoms with Gasteiger partial charge in [0.15, 0.2) is 0 Å². The lowest BCUT2D eigenvalue weighted by atomic mass is 10.1. The number of carbonyl (C=O) groups excluding carboxylic acids is 2. The van der Waals surface area contributed by atoms with Crippen LogP contribution in [-0.2, 0) is 22.7 Å². The molecule has 8 heteroatoms. The highest BCUT2D eigenvalue weighted by Crippen LogP contribution is 2.14. The van der Waals surface area contributed by atoms with Crippen molar-refractivity contribution in [2.45, 2.75) is 60.0 Å². The van der Waals surface area contributed by atoms with Gasteiger partial charge in [0.25, 0.3) is 5.56 Å². The van der Waals surface area contributed by atoms with E-state index in [1.165, 1.54) is 4.57 Å². The van der Waals surface area contributed by atoms with Crippen molar-refractivity contribution in [2.24, 2.45) is 5.92 Å². The predicted molar refractivity (Wildman–Crippen MR) is 139 cm³/mol. The van der Waals surface area contributed by atoms with Crippen LogP contribution in [0.4, 0.5) is 5.69 Å². The lowest BCUT2D eigenvalue weighted by molar-refractivity contribution is -0.121. The normalized spacial score (nSPS) is 11.1. The van der Waals surface area contributed by atoms with E-state index in [0.717, 1.165) is 15.7 Å². The van der Waals surface area contributed by atoms with Crippen molar-refractivity contribution in [3.05, 3.63) is 74.4 Å². The summed E-state index contributed by atoms with van der Waals surface area (Å²) in [6, 6.07) is 12.4. The highest BCUT2D eigenvalue weighted by atomic mass is 16.2. The molecule has 1 heterocycles. The quantitative estimate of drug-likeness (QED) is 0.436. The molecule has 0 fully saturated rings. The molecule has 0 saturated carbocycles. The van der Waals surface area contributed by atoms with Gasteiger partial charge in [-0.3, -0.25) is 23.5 Å². The van der Waals surface area contributed by atoms with Gasteiger partial charge in [0.05, 0.1) is 10.9 Å². The molecule has 2 amide bonds. The number of hydrogen-bond donors (Lipinski definition) is 2. The minimum Gasteiger partial charge on any atom is -0.356 e. The Morgan fingerprint density at radius 1 is 0.914 bits per heavy atom. The van der Waals surface area contributed by atoms with Gasteiger partial charge in [0, 0.05) is 25.2 Å². The number of rotatable bonds is 10. The van der Waals surface area contributed by atoms with E-state index in [1.807, 2.05) is 45.9 Å². The van der Waals surface area contributed by atoms with Gasteiger partial charge in [0.1, 0.15) is 6.54 Å². The number of hydrogen-bond acceptors (Lipinski definition) is 4. The molecule has 2 aromatic carbocycles. The second-order valence-electron chi connectivity index (χ2n) is 9.34. The molecule has 0 saturated heterocycles. The van der Waals surface area contributed by atoms with Gasteiger partial charge in [-0.05, 0) is 68.0 Å². The zero-order valence-electron chi connectivity index (χ0n) is 20.9. The second kappa shape index (κ2) is 11.6. The maximum atomic E-state index is 13.3. The van der Waals surface area contributed by atoms with Gasteiger partial charge in [-0.15, -0.1) is 0 Å². The molecule has 0 spiro atoms. The fraction of sp³-hybridized carbons (Fsp3) is 0.407. The molecule has 3 rings (SSSR count). The number of fused-ring (bicyclic) bond motifs is 1. The van der Waals surface area contributed by atoms with Gasteiger partial charge >= 0.3 is 5.69 Å². The molecule has 0 bridgehead atoms. The Hall–Kier alpha value is -3.68. The summed E-state index contributed by atoms with van der Waals surface area (Å²) in [5.41, 5.74) is 2.32. The van der Waals surface area contributed by atoms with E-state index >= 15 is 0 Å². The van der Waals surface area contributed by atoms with E-state index in [4.69, 9.17) is 0 Å². The zero-order valence-corrected chi connectivity index (χ0v) is 20.9. The standard InChI is InChI=1S/C27H34N4O4/c1-18(2)16-28-24(32)11-7-8-14-30-26(34)22-9-5-6-10-23(22)31(27(30)35)17-25(33)29-21-13-12-19(3)20(4)15-21/h5-6,9-10,12-13,15,18H,7-8,11,14,16-17H2,1-4H3,(H,28,32)(H,29,33). The number of para-hydroxylation sites is 1. The Morgan fingerprint density at radius 3 is 2.37 bits per heavy atom. The number of aryl methyl sites for hydroxylation is 2. The van der Waals surface area contributed by atoms with E-state index in [1.54, 1.807) is 24.3 Å². The monoisotopic (exact) mass is 478 g/mol. The molecule has 0 aliphatic rings. The number of aromatic nitrogens is 2. The third-order valence-electron chi connectivity index (χ3n) is 5.97. The van der Waals surface area contributed by atoms with Gasteiger partial charge in [-0.25, -0.2) is 4.79 Å². The summed E-state index contributed by atoms with van der Waals surface area (Å²) in [6.07, 6.45) is 1.38. The van der Waals surface area contributed by atoms with Crippen molar-refractivity contribution in [2.75, 3.05) is 11.9 Å². The average Bonchev–Trinajstić information content (AvgIpc) is 2.82. The number of amides is 2. The largest absolute Gasteiger partial charge is 0.356 e. The van der Waals surface area contributed by atoms with Crippen molar-refractivity contribution in [3.8, 4) is 0 Å². The first-order valence-corrected chi connectivity index (χ1v) is 12.0. The van der Waals surface area contributed by atoms with Crippen molar-refractivity contribution < 1.29 is 9.59 Å². The topological polar surface area (TPSA) is 102 Å². The van der Waals surface area contributed by atoms with E-state index in [0.29, 0.717) is 48.3 Å². The molecular weight excluding hydrogens is 444 g/mol. The molecular formula is C27H34N4O4. The number of nitrogens with zero attached hydrogens (tertiary/aromatic N) is 2. The number of anilines is 1. The van der Waals surface area contributed by atoms with Crippen LogP contribution in [0.5, 0.6) is 0 Å². The fourth-order valence-electron chi connectivity index (χ4n) is 3.85. The first-order valence-electron chi connectivity index (χ1n) is 12.0. The van der Waals surface area contributed by atoms with Gasteiger partial charge in [-0.2, -0.15) is 0 Å². The zero-order chi connectivity index (χ0) is 25.5. The fourth-order valence-corrected chi connectivity index (χ4v) is 3.85. The Labute approximate surface area is 205 Å². The summed E-state index contributed by atoms with van der Waals surface area (Å²) in [5, 5.41) is 6.08. The van der Waals surface area contributed by atoms with Crippen molar-refractivity contribution >= 4 is 28.4 Å². The van der Waals surface area contributed by atoms with Crippen LogP contribution in [0.1, 0.15) is 44.2 Å². The number of carbonyl (C=O) groups is 2. The molecule has 8 nitrogen and oxygen atoms in total. The Kier molecular flexibility index (Phi) is 8.63. The van der Waals surface area contributed by atoms with Gasteiger partial charge in [-0.1, -0.05) is 32.0 Å². The van der Waals surface area contributed by atoms with Crippen molar-refractivity contribution in [1.29, 1.82) is 0 Å². The molecule has 1 aromatic heterocycles. The molecule has 0 aliphatic carbocycles. The average molecular weight is 479 g/mol. The van der Waals surface area contributed by atoms with Gasteiger partial charge in [0.2, 0.25) is 11.8 Å². The highest BCUT2D eigenvalue weighted by Gasteiger charge is 2.15. The third kappa shape index (κ3) is 6.68. The molecule has 0 aliphatic heterocycles. The van der Waals surface area contributed by atoms with Gasteiger partial charge < -0.3 is 10.6 Å². The highest BCUT2D eigenvalue weighted by molar-refractivity contribution is 5.91. The maximum absolute atomic E-state index is 13.3. The van der Waals surface area contributed by atoms with Crippen LogP contribution in [0.15, 0.2) is 52.1 Å². The number of unbranched alkanes of at least 4 members (excludes halogenated alkanes) is 1. The summed E-state index contributed by atoms with van der Waals surface area (Å²) in [4.78, 5) is 51.0. The molecule has 186 valence electrons. The summed E-state index contributed by atoms with van der Waals surface area (Å²) in [6.45, 7) is 8.60. The molecule has 0 atom stereocenters. The lowest BCUT2D eigenvalue weighted by Gasteiger charge is -2.14. The Morgan fingerprint density at radius 2 is 1.66 bits per heavy atom. The van der Waals surface area contributed by atoms with Crippen LogP contribution in [-0.4, -0.2) is 27.5 Å². The maximum Gasteiger partial charge on any atom is 0.331 e. The summed E-state index contributed by atoms with van der Waals surface area (Å²) >= 11 is 0. The van der Waals surface area contributed by atoms with E-state index in [2.05, 4.69) is 10.6 Å². The van der Waals surface area contributed by atoms with Crippen LogP contribution in [0.2, 0.25) is 0 Å². The van der Waals surface area contributed by atoms with Crippen LogP contribution < -0.4 is 21.9 Å². The first kappa shape index (κ1) is 25.9. The third-order valence-corrected chi connectivity index (χ3v) is 5.97. The minimum atomic E-state index is -0.534. The Balaban J connectivity index is 1.78. The summed E-state index contributed by atoms with van der Waals surface area (Å²) in [7, 11) is 0. The lowest BCUT2D eigenvalue weighted by Crippen LogP contribution is -2.41. The Bertz CT molecular complexity index is 1340. The summed E-state index contributed by atoms with van der Waals surface area (Å²) in [5.74, 6) is -0.0154. The first-order chi connectivity index (χ1) is 16.7. The van der Waals surface area contributed by atoms with Crippen LogP contribution in [0.3, 0.4) is 0 Å². The molecule has 3 aromatic rings. The van der Waals surface area contributed by atoms with E-state index in [-0.39, 0.29) is 30.5 Å². The molecule has 2 N–H and O–H groups in total. The van der Waals surface area contributed by atoms with Crippen LogP contribution in [0.25, 0.3) is 10.9 Å². The number of benzene rings is 2. The van der Waals surface area contributed by atoms with Crippen LogP contribution in [0, 0.1) is 19.8 Å².